The number of nitrogens with zero attached hydrogens (tertiary/aromatic N) is 2. The summed E-state index contributed by atoms with van der Waals surface area (Å²) in [5.74, 6) is -1.49. The van der Waals surface area contributed by atoms with Crippen molar-refractivity contribution < 1.29 is 22.4 Å². The topological polar surface area (TPSA) is 127 Å². The minimum atomic E-state index is -4.09. The molecule has 32 heavy (non-hydrogen) atoms. The zero-order valence-electron chi connectivity index (χ0n) is 16.1. The van der Waals surface area contributed by atoms with Crippen LogP contribution in [0.4, 0.5) is 5.13 Å². The van der Waals surface area contributed by atoms with Crippen LogP contribution in [0.3, 0.4) is 0 Å². The van der Waals surface area contributed by atoms with Gasteiger partial charge in [-0.05, 0) is 24.3 Å². The summed E-state index contributed by atoms with van der Waals surface area (Å²) in [5.41, 5.74) is 0.441. The summed E-state index contributed by atoms with van der Waals surface area (Å²) >= 11 is 1.06. The highest BCUT2D eigenvalue weighted by Gasteiger charge is 2.41. The molecule has 0 radical (unpaired) electrons. The van der Waals surface area contributed by atoms with Crippen LogP contribution < -0.4 is 10.9 Å². The van der Waals surface area contributed by atoms with Gasteiger partial charge in [0, 0.05) is 10.8 Å². The van der Waals surface area contributed by atoms with Gasteiger partial charge in [0.2, 0.25) is 5.91 Å². The van der Waals surface area contributed by atoms with Gasteiger partial charge in [0.05, 0.1) is 16.8 Å². The molecular weight excluding hydrogens is 454 g/mol. The van der Waals surface area contributed by atoms with Crippen molar-refractivity contribution in [2.75, 3.05) is 11.9 Å². The van der Waals surface area contributed by atoms with Gasteiger partial charge in [0.25, 0.3) is 15.9 Å². The molecule has 0 fully saturated rings. The molecule has 0 saturated heterocycles. The molecule has 2 aromatic heterocycles. The van der Waals surface area contributed by atoms with E-state index in [0.29, 0.717) is 15.6 Å². The summed E-state index contributed by atoms with van der Waals surface area (Å²) in [4.78, 5) is 41.3. The van der Waals surface area contributed by atoms with Crippen LogP contribution in [0.5, 0.6) is 0 Å². The Morgan fingerprint density at radius 2 is 1.81 bits per heavy atom. The third-order valence-corrected chi connectivity index (χ3v) is 7.41. The molecule has 2 amide bonds. The smallest absolute Gasteiger partial charge is 0.345 e. The molecule has 1 N–H and O–H groups in total. The maximum Gasteiger partial charge on any atom is 0.345 e. The number of thiazole rings is 1. The number of benzene rings is 2. The van der Waals surface area contributed by atoms with Crippen molar-refractivity contribution in [3.05, 3.63) is 76.0 Å². The Bertz CT molecular complexity index is 1570. The first-order valence-electron chi connectivity index (χ1n) is 9.29. The fourth-order valence-corrected chi connectivity index (χ4v) is 5.62. The van der Waals surface area contributed by atoms with E-state index in [-0.39, 0.29) is 21.2 Å². The van der Waals surface area contributed by atoms with Crippen LogP contribution in [0.25, 0.3) is 22.2 Å². The molecule has 1 aliphatic rings. The van der Waals surface area contributed by atoms with Crippen molar-refractivity contribution in [1.82, 2.24) is 9.29 Å². The molecule has 0 unspecified atom stereocenters. The van der Waals surface area contributed by atoms with Gasteiger partial charge in [-0.2, -0.15) is 0 Å². The van der Waals surface area contributed by atoms with E-state index in [1.54, 1.807) is 35.7 Å². The highest BCUT2D eigenvalue weighted by Crippen LogP contribution is 2.30. The van der Waals surface area contributed by atoms with Crippen LogP contribution in [0.1, 0.15) is 10.4 Å². The van der Waals surface area contributed by atoms with Crippen LogP contribution in [0.2, 0.25) is 0 Å². The second-order valence-electron chi connectivity index (χ2n) is 6.88. The van der Waals surface area contributed by atoms with E-state index in [4.69, 9.17) is 4.42 Å². The van der Waals surface area contributed by atoms with E-state index in [1.807, 2.05) is 6.07 Å². The monoisotopic (exact) mass is 467 g/mol. The number of hydrogen-bond acceptors (Lipinski definition) is 8. The molecule has 2 aromatic carbocycles. The van der Waals surface area contributed by atoms with Gasteiger partial charge in [0.1, 0.15) is 17.0 Å². The lowest BCUT2D eigenvalue weighted by Crippen LogP contribution is -2.37. The average molecular weight is 467 g/mol. The van der Waals surface area contributed by atoms with Gasteiger partial charge in [-0.15, -0.1) is 11.3 Å². The van der Waals surface area contributed by atoms with E-state index >= 15 is 0 Å². The van der Waals surface area contributed by atoms with Crippen molar-refractivity contribution >= 4 is 49.3 Å². The molecule has 3 heterocycles. The van der Waals surface area contributed by atoms with Crippen molar-refractivity contribution in [3.8, 4) is 11.3 Å². The van der Waals surface area contributed by atoms with E-state index in [9.17, 15) is 22.8 Å². The number of hydrogen-bond donors (Lipinski definition) is 1. The summed E-state index contributed by atoms with van der Waals surface area (Å²) in [5, 5.41) is 4.92. The molecule has 0 aliphatic carbocycles. The van der Waals surface area contributed by atoms with Crippen molar-refractivity contribution in [1.29, 1.82) is 0 Å². The Hall–Kier alpha value is -3.83. The second-order valence-corrected chi connectivity index (χ2v) is 9.57. The molecule has 160 valence electrons. The predicted octanol–water partition coefficient (Wildman–Crippen LogP) is 2.70. The fourth-order valence-electron chi connectivity index (χ4n) is 3.37. The number of para-hydroxylation sites is 1. The minimum absolute atomic E-state index is 0.0277. The van der Waals surface area contributed by atoms with Crippen LogP contribution in [-0.2, 0) is 14.8 Å². The Morgan fingerprint density at radius 1 is 1.06 bits per heavy atom. The Kier molecular flexibility index (Phi) is 4.64. The number of amides is 2. The van der Waals surface area contributed by atoms with Crippen molar-refractivity contribution in [2.24, 2.45) is 0 Å². The zero-order valence-corrected chi connectivity index (χ0v) is 17.8. The third kappa shape index (κ3) is 3.27. The molecular formula is C21H13N3O6S2. The Labute approximate surface area is 185 Å². The van der Waals surface area contributed by atoms with Crippen LogP contribution >= 0.6 is 11.3 Å². The first-order valence-corrected chi connectivity index (χ1v) is 11.6. The minimum Gasteiger partial charge on any atom is -0.422 e. The summed E-state index contributed by atoms with van der Waals surface area (Å²) in [7, 11) is -4.09. The molecule has 0 saturated carbocycles. The van der Waals surface area contributed by atoms with E-state index < -0.39 is 34.0 Å². The van der Waals surface area contributed by atoms with Gasteiger partial charge in [-0.3, -0.25) is 9.59 Å². The number of fused-ring (bicyclic) bond motifs is 2. The molecule has 11 heteroatoms. The number of anilines is 1. The largest absolute Gasteiger partial charge is 0.422 e. The first-order chi connectivity index (χ1) is 15.3. The number of nitrogens with one attached hydrogen (secondary N) is 1. The van der Waals surface area contributed by atoms with Crippen LogP contribution in [0, 0.1) is 0 Å². The maximum atomic E-state index is 12.6. The summed E-state index contributed by atoms with van der Waals surface area (Å²) < 4.78 is 31.0. The lowest BCUT2D eigenvalue weighted by Gasteiger charge is -2.13. The second kappa shape index (κ2) is 7.39. The highest BCUT2D eigenvalue weighted by molar-refractivity contribution is 7.90. The number of aromatic nitrogens is 1. The van der Waals surface area contributed by atoms with E-state index in [1.165, 1.54) is 18.2 Å². The summed E-state index contributed by atoms with van der Waals surface area (Å²) in [6, 6.07) is 14.5. The predicted molar refractivity (Wildman–Crippen MR) is 117 cm³/mol. The van der Waals surface area contributed by atoms with Gasteiger partial charge in [-0.1, -0.05) is 30.3 Å². The Morgan fingerprint density at radius 3 is 2.62 bits per heavy atom. The average Bonchev–Trinajstić information content (AvgIpc) is 3.30. The number of rotatable bonds is 4. The number of carbonyl (C=O) groups is 2. The SMILES string of the molecule is O=C(CN1C(=O)c2ccccc2S1(=O)=O)Nc1nc(-c2cc3ccccc3oc2=O)cs1. The van der Waals surface area contributed by atoms with Gasteiger partial charge >= 0.3 is 5.63 Å². The standard InChI is InChI=1S/C21H13N3O6S2/c25-18(10-24-19(26)13-6-2-4-8-17(13)32(24,28)29)23-21-22-15(11-31-21)14-9-12-5-1-3-7-16(12)30-20(14)27/h1-9,11H,10H2,(H,22,23,25). The van der Waals surface area contributed by atoms with Crippen LogP contribution in [0.15, 0.2) is 74.1 Å². The molecule has 0 atom stereocenters. The fraction of sp³-hybridized carbons (Fsp3) is 0.0476. The van der Waals surface area contributed by atoms with Crippen molar-refractivity contribution in [3.63, 3.8) is 0 Å². The number of sulfonamides is 1. The lowest BCUT2D eigenvalue weighted by atomic mass is 10.1. The maximum absolute atomic E-state index is 12.6. The zero-order chi connectivity index (χ0) is 22.5. The molecule has 5 rings (SSSR count). The molecule has 1 aliphatic heterocycles. The van der Waals surface area contributed by atoms with Crippen molar-refractivity contribution in [2.45, 2.75) is 4.90 Å². The third-order valence-electron chi connectivity index (χ3n) is 4.87. The highest BCUT2D eigenvalue weighted by atomic mass is 32.2. The molecule has 4 aromatic rings. The van der Waals surface area contributed by atoms with Gasteiger partial charge in [0.15, 0.2) is 5.13 Å². The van der Waals surface area contributed by atoms with Gasteiger partial charge in [-0.25, -0.2) is 22.5 Å². The normalized spacial score (nSPS) is 14.5. The van der Waals surface area contributed by atoms with Gasteiger partial charge < -0.3 is 9.73 Å². The first kappa shape index (κ1) is 20.1. The molecule has 0 spiro atoms. The number of carbonyl (C=O) groups excluding carboxylic acids is 2. The summed E-state index contributed by atoms with van der Waals surface area (Å²) in [6.45, 7) is -0.692. The molecule has 9 nitrogen and oxygen atoms in total. The molecule has 0 bridgehead atoms. The van der Waals surface area contributed by atoms with Crippen LogP contribution in [-0.4, -0.2) is 36.1 Å². The Balaban J connectivity index is 1.36. The van der Waals surface area contributed by atoms with E-state index in [2.05, 4.69) is 10.3 Å². The summed E-state index contributed by atoms with van der Waals surface area (Å²) in [6.07, 6.45) is 0. The lowest BCUT2D eigenvalue weighted by molar-refractivity contribution is -0.116. The quantitative estimate of drug-likeness (QED) is 0.457. The van der Waals surface area contributed by atoms with E-state index in [0.717, 1.165) is 16.7 Å².